The van der Waals surface area contributed by atoms with Gasteiger partial charge >= 0.3 is 0 Å². The minimum Gasteiger partial charge on any atom is -0.383 e. The van der Waals surface area contributed by atoms with Gasteiger partial charge in [0.25, 0.3) is 0 Å². The number of methoxy groups -OCH3 is 1. The lowest BCUT2D eigenvalue weighted by molar-refractivity contribution is 0.181. The number of aryl methyl sites for hydroxylation is 1. The maximum atomic E-state index is 5.86. The van der Waals surface area contributed by atoms with Crippen molar-refractivity contribution >= 4 is 28.4 Å². The van der Waals surface area contributed by atoms with Crippen LogP contribution in [0.3, 0.4) is 0 Å². The van der Waals surface area contributed by atoms with Gasteiger partial charge < -0.3 is 10.5 Å². The molecule has 0 aliphatic carbocycles. The van der Waals surface area contributed by atoms with Crippen LogP contribution in [0.1, 0.15) is 5.69 Å². The van der Waals surface area contributed by atoms with E-state index in [9.17, 15) is 0 Å². The van der Waals surface area contributed by atoms with Gasteiger partial charge in [0.05, 0.1) is 15.9 Å². The Morgan fingerprint density at radius 3 is 2.82 bits per heavy atom. The molecular formula is C10H12IN5O. The normalized spacial score (nSPS) is 10.8. The van der Waals surface area contributed by atoms with E-state index in [1.807, 2.05) is 13.1 Å². The van der Waals surface area contributed by atoms with Gasteiger partial charge in [-0.25, -0.2) is 9.97 Å². The highest BCUT2D eigenvalue weighted by Gasteiger charge is 2.13. The summed E-state index contributed by atoms with van der Waals surface area (Å²) in [7, 11) is 3.46. The molecule has 0 radical (unpaired) electrons. The van der Waals surface area contributed by atoms with Crippen molar-refractivity contribution in [2.24, 2.45) is 7.05 Å². The Labute approximate surface area is 112 Å². The third-order valence-electron chi connectivity index (χ3n) is 2.28. The standard InChI is InChI=1S/C10H12IN5O/c1-16-7(3-4-13-16)10-14-6(5-17-2)8(11)9(12)15-10/h3-4H,5H2,1-2H3,(H2,12,14,15). The molecule has 0 saturated heterocycles. The van der Waals surface area contributed by atoms with E-state index in [0.717, 1.165) is 15.0 Å². The molecule has 0 spiro atoms. The highest BCUT2D eigenvalue weighted by Crippen LogP contribution is 2.22. The Kier molecular flexibility index (Phi) is 3.57. The lowest BCUT2D eigenvalue weighted by Gasteiger charge is -2.08. The molecule has 0 amide bonds. The summed E-state index contributed by atoms with van der Waals surface area (Å²) in [4.78, 5) is 8.70. The van der Waals surface area contributed by atoms with Crippen LogP contribution in [0.5, 0.6) is 0 Å². The fourth-order valence-electron chi connectivity index (χ4n) is 1.45. The minimum absolute atomic E-state index is 0.413. The van der Waals surface area contributed by atoms with Crippen LogP contribution in [0.2, 0.25) is 0 Å². The van der Waals surface area contributed by atoms with Gasteiger partial charge in [0.15, 0.2) is 5.82 Å². The molecule has 0 aromatic carbocycles. The third kappa shape index (κ3) is 2.39. The molecule has 17 heavy (non-hydrogen) atoms. The van der Waals surface area contributed by atoms with Gasteiger partial charge in [-0.05, 0) is 28.7 Å². The van der Waals surface area contributed by atoms with E-state index in [0.29, 0.717) is 18.2 Å². The molecule has 7 heteroatoms. The number of nitrogens with two attached hydrogens (primary N) is 1. The molecule has 0 aliphatic heterocycles. The van der Waals surface area contributed by atoms with Gasteiger partial charge in [-0.3, -0.25) is 4.68 Å². The van der Waals surface area contributed by atoms with Crippen LogP contribution in [0.15, 0.2) is 12.3 Å². The number of halogens is 1. The first-order valence-electron chi connectivity index (χ1n) is 4.92. The number of hydrogen-bond acceptors (Lipinski definition) is 5. The molecule has 2 rings (SSSR count). The molecular weight excluding hydrogens is 333 g/mol. The SMILES string of the molecule is COCc1nc(-c2ccnn2C)nc(N)c1I. The van der Waals surface area contributed by atoms with Crippen molar-refractivity contribution in [1.82, 2.24) is 19.7 Å². The van der Waals surface area contributed by atoms with Crippen LogP contribution in [0.25, 0.3) is 11.5 Å². The Bertz CT molecular complexity index is 539. The Hall–Kier alpha value is -1.22. The van der Waals surface area contributed by atoms with E-state index in [2.05, 4.69) is 37.7 Å². The predicted molar refractivity (Wildman–Crippen MR) is 72.1 cm³/mol. The van der Waals surface area contributed by atoms with E-state index in [-0.39, 0.29) is 0 Å². The number of hydrogen-bond donors (Lipinski definition) is 1. The average molecular weight is 345 g/mol. The van der Waals surface area contributed by atoms with E-state index < -0.39 is 0 Å². The summed E-state index contributed by atoms with van der Waals surface area (Å²) in [5.74, 6) is 1.03. The third-order valence-corrected chi connectivity index (χ3v) is 3.45. The highest BCUT2D eigenvalue weighted by atomic mass is 127. The molecule has 2 N–H and O–H groups in total. The predicted octanol–water partition coefficient (Wildman–Crippen LogP) is 1.21. The van der Waals surface area contributed by atoms with Gasteiger partial charge in [0.2, 0.25) is 0 Å². The Morgan fingerprint density at radius 2 is 2.24 bits per heavy atom. The Morgan fingerprint density at radius 1 is 1.47 bits per heavy atom. The maximum absolute atomic E-state index is 5.86. The highest BCUT2D eigenvalue weighted by molar-refractivity contribution is 14.1. The van der Waals surface area contributed by atoms with Gasteiger partial charge in [0, 0.05) is 20.4 Å². The lowest BCUT2D eigenvalue weighted by Crippen LogP contribution is -2.07. The number of rotatable bonds is 3. The number of ether oxygens (including phenoxy) is 1. The molecule has 0 aliphatic rings. The average Bonchev–Trinajstić information content (AvgIpc) is 2.71. The zero-order valence-corrected chi connectivity index (χ0v) is 11.7. The molecule has 6 nitrogen and oxygen atoms in total. The van der Waals surface area contributed by atoms with Crippen LogP contribution in [-0.4, -0.2) is 26.9 Å². The number of nitrogen functional groups attached to an aromatic ring is 1. The molecule has 0 fully saturated rings. The monoisotopic (exact) mass is 345 g/mol. The molecule has 90 valence electrons. The van der Waals surface area contributed by atoms with E-state index in [4.69, 9.17) is 10.5 Å². The fourth-order valence-corrected chi connectivity index (χ4v) is 1.85. The quantitative estimate of drug-likeness (QED) is 0.846. The first kappa shape index (κ1) is 12.2. The second-order valence-electron chi connectivity index (χ2n) is 3.47. The summed E-state index contributed by atoms with van der Waals surface area (Å²) in [5.41, 5.74) is 7.48. The molecule has 2 aromatic rings. The van der Waals surface area contributed by atoms with Crippen molar-refractivity contribution in [3.05, 3.63) is 21.5 Å². The van der Waals surface area contributed by atoms with Crippen molar-refractivity contribution in [3.8, 4) is 11.5 Å². The van der Waals surface area contributed by atoms with Crippen LogP contribution in [0.4, 0.5) is 5.82 Å². The molecule has 0 atom stereocenters. The second kappa shape index (κ2) is 4.96. The molecule has 2 heterocycles. The van der Waals surface area contributed by atoms with Gasteiger partial charge in [-0.1, -0.05) is 0 Å². The largest absolute Gasteiger partial charge is 0.383 e. The minimum atomic E-state index is 0.413. The first-order chi connectivity index (χ1) is 8.13. The van der Waals surface area contributed by atoms with Crippen molar-refractivity contribution < 1.29 is 4.74 Å². The number of aromatic nitrogens is 4. The number of anilines is 1. The molecule has 0 unspecified atom stereocenters. The summed E-state index contributed by atoms with van der Waals surface area (Å²) < 4.78 is 7.63. The second-order valence-corrected chi connectivity index (χ2v) is 4.54. The van der Waals surface area contributed by atoms with Crippen molar-refractivity contribution in [2.45, 2.75) is 6.61 Å². The zero-order chi connectivity index (χ0) is 12.4. The van der Waals surface area contributed by atoms with Crippen LogP contribution in [0, 0.1) is 3.57 Å². The summed E-state index contributed by atoms with van der Waals surface area (Å²) in [6.07, 6.45) is 1.70. The Balaban J connectivity index is 2.53. The van der Waals surface area contributed by atoms with Crippen LogP contribution < -0.4 is 5.73 Å². The zero-order valence-electron chi connectivity index (χ0n) is 9.51. The smallest absolute Gasteiger partial charge is 0.180 e. The maximum Gasteiger partial charge on any atom is 0.180 e. The topological polar surface area (TPSA) is 78.9 Å². The van der Waals surface area contributed by atoms with Crippen molar-refractivity contribution in [3.63, 3.8) is 0 Å². The van der Waals surface area contributed by atoms with Crippen LogP contribution in [-0.2, 0) is 18.4 Å². The van der Waals surface area contributed by atoms with Crippen LogP contribution >= 0.6 is 22.6 Å². The van der Waals surface area contributed by atoms with E-state index >= 15 is 0 Å². The van der Waals surface area contributed by atoms with Crippen molar-refractivity contribution in [2.75, 3.05) is 12.8 Å². The van der Waals surface area contributed by atoms with Gasteiger partial charge in [0.1, 0.15) is 11.5 Å². The van der Waals surface area contributed by atoms with Gasteiger partial charge in [-0.15, -0.1) is 0 Å². The summed E-state index contributed by atoms with van der Waals surface area (Å²) in [6.45, 7) is 0.413. The van der Waals surface area contributed by atoms with E-state index in [1.165, 1.54) is 0 Å². The van der Waals surface area contributed by atoms with Crippen molar-refractivity contribution in [1.29, 1.82) is 0 Å². The fraction of sp³-hybridized carbons (Fsp3) is 0.300. The molecule has 0 saturated carbocycles. The molecule has 0 bridgehead atoms. The molecule has 2 aromatic heterocycles. The number of nitrogens with zero attached hydrogens (tertiary/aromatic N) is 4. The van der Waals surface area contributed by atoms with Gasteiger partial charge in [-0.2, -0.15) is 5.10 Å². The lowest BCUT2D eigenvalue weighted by atomic mass is 10.3. The summed E-state index contributed by atoms with van der Waals surface area (Å²) in [6, 6.07) is 1.85. The van der Waals surface area contributed by atoms with E-state index in [1.54, 1.807) is 18.0 Å². The summed E-state index contributed by atoms with van der Waals surface area (Å²) in [5, 5.41) is 4.08. The summed E-state index contributed by atoms with van der Waals surface area (Å²) >= 11 is 2.12. The first-order valence-corrected chi connectivity index (χ1v) is 6.00.